The Morgan fingerprint density at radius 2 is 1.91 bits per heavy atom. The third-order valence-electron chi connectivity index (χ3n) is 2.95. The Hall–Kier alpha value is -2.67. The molecule has 0 spiro atoms. The van der Waals surface area contributed by atoms with E-state index in [1.54, 1.807) is 18.3 Å². The zero-order chi connectivity index (χ0) is 15.9. The van der Waals surface area contributed by atoms with Crippen LogP contribution < -0.4 is 5.32 Å². The number of benzene rings is 1. The quantitative estimate of drug-likeness (QED) is 0.702. The van der Waals surface area contributed by atoms with Gasteiger partial charge in [0.05, 0.1) is 12.2 Å². The predicted octanol–water partition coefficient (Wildman–Crippen LogP) is 2.69. The van der Waals surface area contributed by atoms with E-state index >= 15 is 0 Å². The summed E-state index contributed by atoms with van der Waals surface area (Å²) in [6.45, 7) is 0.199. The molecular formula is C16H14N4O2S. The van der Waals surface area contributed by atoms with Crippen LogP contribution in [0.2, 0.25) is 0 Å². The van der Waals surface area contributed by atoms with E-state index in [2.05, 4.69) is 20.5 Å². The van der Waals surface area contributed by atoms with Crippen LogP contribution in [0.5, 0.6) is 0 Å². The standard InChI is InChI=1S/C16H14N4O2S/c21-15(12-6-2-1-3-7-12)18-10-14-19-20-16(22-14)23-11-13-8-4-5-9-17-13/h1-9H,10-11H2,(H,18,21). The number of hydrogen-bond donors (Lipinski definition) is 1. The SMILES string of the molecule is O=C(NCc1nnc(SCc2ccccn2)o1)c1ccccc1. The van der Waals surface area contributed by atoms with Crippen molar-refractivity contribution >= 4 is 17.7 Å². The normalized spacial score (nSPS) is 10.4. The number of thioether (sulfide) groups is 1. The van der Waals surface area contributed by atoms with Crippen LogP contribution >= 0.6 is 11.8 Å². The van der Waals surface area contributed by atoms with E-state index < -0.39 is 0 Å². The molecule has 1 aromatic carbocycles. The van der Waals surface area contributed by atoms with Crippen LogP contribution in [0.25, 0.3) is 0 Å². The summed E-state index contributed by atoms with van der Waals surface area (Å²) in [4.78, 5) is 16.1. The minimum atomic E-state index is -0.175. The molecule has 116 valence electrons. The summed E-state index contributed by atoms with van der Waals surface area (Å²) in [5, 5.41) is 11.1. The minimum absolute atomic E-state index is 0.175. The van der Waals surface area contributed by atoms with Gasteiger partial charge in [-0.25, -0.2) is 0 Å². The van der Waals surface area contributed by atoms with Crippen LogP contribution in [-0.2, 0) is 12.3 Å². The van der Waals surface area contributed by atoms with Crippen molar-refractivity contribution in [3.05, 3.63) is 71.9 Å². The number of rotatable bonds is 6. The molecule has 3 rings (SSSR count). The summed E-state index contributed by atoms with van der Waals surface area (Å²) in [6, 6.07) is 14.7. The number of pyridine rings is 1. The van der Waals surface area contributed by atoms with E-state index in [1.807, 2.05) is 36.4 Å². The monoisotopic (exact) mass is 326 g/mol. The van der Waals surface area contributed by atoms with Crippen molar-refractivity contribution in [2.45, 2.75) is 17.5 Å². The van der Waals surface area contributed by atoms with Crippen molar-refractivity contribution in [3.8, 4) is 0 Å². The van der Waals surface area contributed by atoms with E-state index in [0.717, 1.165) is 5.69 Å². The summed E-state index contributed by atoms with van der Waals surface area (Å²) in [6.07, 6.45) is 1.74. The first-order chi connectivity index (χ1) is 11.3. The van der Waals surface area contributed by atoms with Gasteiger partial charge in [0.2, 0.25) is 5.89 Å². The maximum Gasteiger partial charge on any atom is 0.277 e. The highest BCUT2D eigenvalue weighted by atomic mass is 32.2. The number of nitrogens with one attached hydrogen (secondary N) is 1. The highest BCUT2D eigenvalue weighted by Gasteiger charge is 2.10. The number of aromatic nitrogens is 3. The molecule has 0 fully saturated rings. The molecule has 0 aliphatic rings. The fourth-order valence-corrected chi connectivity index (χ4v) is 2.53. The van der Waals surface area contributed by atoms with Crippen molar-refractivity contribution in [1.29, 1.82) is 0 Å². The highest BCUT2D eigenvalue weighted by molar-refractivity contribution is 7.98. The maximum atomic E-state index is 11.9. The van der Waals surface area contributed by atoms with Crippen LogP contribution in [0.3, 0.4) is 0 Å². The van der Waals surface area contributed by atoms with Gasteiger partial charge in [-0.2, -0.15) is 0 Å². The lowest BCUT2D eigenvalue weighted by Crippen LogP contribution is -2.22. The minimum Gasteiger partial charge on any atom is -0.414 e. The van der Waals surface area contributed by atoms with Crippen LogP contribution in [0.1, 0.15) is 21.9 Å². The summed E-state index contributed by atoms with van der Waals surface area (Å²) < 4.78 is 5.49. The third kappa shape index (κ3) is 4.40. The number of carbonyl (C=O) groups excluding carboxylic acids is 1. The number of hydrogen-bond acceptors (Lipinski definition) is 6. The number of amides is 1. The molecule has 2 aromatic heterocycles. The van der Waals surface area contributed by atoms with Gasteiger partial charge in [0, 0.05) is 17.5 Å². The molecular weight excluding hydrogens is 312 g/mol. The summed E-state index contributed by atoms with van der Waals surface area (Å²) in [7, 11) is 0. The van der Waals surface area contributed by atoms with Crippen molar-refractivity contribution in [3.63, 3.8) is 0 Å². The average molecular weight is 326 g/mol. The molecule has 0 aliphatic carbocycles. The highest BCUT2D eigenvalue weighted by Crippen LogP contribution is 2.20. The van der Waals surface area contributed by atoms with E-state index in [9.17, 15) is 4.79 Å². The summed E-state index contributed by atoms with van der Waals surface area (Å²) >= 11 is 1.41. The molecule has 2 heterocycles. The van der Waals surface area contributed by atoms with Crippen molar-refractivity contribution < 1.29 is 9.21 Å². The molecule has 3 aromatic rings. The Morgan fingerprint density at radius 3 is 2.70 bits per heavy atom. The summed E-state index contributed by atoms with van der Waals surface area (Å²) in [5.41, 5.74) is 1.53. The topological polar surface area (TPSA) is 80.9 Å². The Labute approximate surface area is 137 Å². The Kier molecular flexibility index (Phi) is 5.00. The van der Waals surface area contributed by atoms with Crippen LogP contribution in [0.4, 0.5) is 0 Å². The van der Waals surface area contributed by atoms with Gasteiger partial charge >= 0.3 is 0 Å². The van der Waals surface area contributed by atoms with E-state index in [4.69, 9.17) is 4.42 Å². The van der Waals surface area contributed by atoms with Crippen LogP contribution in [0, 0.1) is 0 Å². The van der Waals surface area contributed by atoms with Gasteiger partial charge in [-0.1, -0.05) is 36.0 Å². The van der Waals surface area contributed by atoms with Gasteiger partial charge in [-0.3, -0.25) is 9.78 Å². The zero-order valence-electron chi connectivity index (χ0n) is 12.2. The largest absolute Gasteiger partial charge is 0.414 e. The van der Waals surface area contributed by atoms with Gasteiger partial charge in [0.1, 0.15) is 0 Å². The van der Waals surface area contributed by atoms with Gasteiger partial charge in [0.15, 0.2) is 0 Å². The van der Waals surface area contributed by atoms with Crippen molar-refractivity contribution in [2.24, 2.45) is 0 Å². The number of nitrogens with zero attached hydrogens (tertiary/aromatic N) is 3. The predicted molar refractivity (Wildman–Crippen MR) is 85.7 cm³/mol. The van der Waals surface area contributed by atoms with Gasteiger partial charge in [-0.05, 0) is 24.3 Å². The molecule has 7 heteroatoms. The second kappa shape index (κ2) is 7.55. The van der Waals surface area contributed by atoms with E-state index in [0.29, 0.717) is 22.4 Å². The molecule has 23 heavy (non-hydrogen) atoms. The Balaban J connectivity index is 1.50. The average Bonchev–Trinajstić information content (AvgIpc) is 3.07. The molecule has 0 radical (unpaired) electrons. The van der Waals surface area contributed by atoms with Crippen LogP contribution in [-0.4, -0.2) is 21.1 Å². The lowest BCUT2D eigenvalue weighted by Gasteiger charge is -2.01. The Morgan fingerprint density at radius 1 is 1.09 bits per heavy atom. The van der Waals surface area contributed by atoms with Crippen LogP contribution in [0.15, 0.2) is 64.4 Å². The molecule has 0 saturated heterocycles. The first-order valence-electron chi connectivity index (χ1n) is 6.99. The molecule has 0 aliphatic heterocycles. The second-order valence-electron chi connectivity index (χ2n) is 4.62. The first kappa shape index (κ1) is 15.2. The first-order valence-corrected chi connectivity index (χ1v) is 7.98. The maximum absolute atomic E-state index is 11.9. The third-order valence-corrected chi connectivity index (χ3v) is 3.81. The zero-order valence-corrected chi connectivity index (χ0v) is 13.0. The summed E-state index contributed by atoms with van der Waals surface area (Å²) in [5.74, 6) is 0.850. The molecule has 1 amide bonds. The lowest BCUT2D eigenvalue weighted by atomic mass is 10.2. The molecule has 0 atom stereocenters. The van der Waals surface area contributed by atoms with Gasteiger partial charge in [0.25, 0.3) is 11.1 Å². The van der Waals surface area contributed by atoms with Crippen molar-refractivity contribution in [1.82, 2.24) is 20.5 Å². The fraction of sp³-hybridized carbons (Fsp3) is 0.125. The van der Waals surface area contributed by atoms with Gasteiger partial charge < -0.3 is 9.73 Å². The fourth-order valence-electron chi connectivity index (χ4n) is 1.83. The molecule has 0 saturated carbocycles. The van der Waals surface area contributed by atoms with Gasteiger partial charge in [-0.15, -0.1) is 10.2 Å². The molecule has 6 nitrogen and oxygen atoms in total. The second-order valence-corrected chi connectivity index (χ2v) is 5.55. The molecule has 0 bridgehead atoms. The molecule has 1 N–H and O–H groups in total. The van der Waals surface area contributed by atoms with Crippen molar-refractivity contribution in [2.75, 3.05) is 0 Å². The lowest BCUT2D eigenvalue weighted by molar-refractivity contribution is 0.0946. The van der Waals surface area contributed by atoms with E-state index in [-0.39, 0.29) is 12.5 Å². The Bertz CT molecular complexity index is 762. The smallest absolute Gasteiger partial charge is 0.277 e. The number of carbonyl (C=O) groups is 1. The molecule has 0 unspecified atom stereocenters. The van der Waals surface area contributed by atoms with E-state index in [1.165, 1.54) is 11.8 Å².